The standard InChI is InChI=1S/C26H24N4O2S2/c31-24(30-15-13-29(14-16-30)21-9-5-2-6-10-21)18-33-26-28-22-12-11-20(17-23(22)34-26)27-25(32)19-7-3-1-4-8-19/h1-12,17H,13-16,18H2,(H,27,32). The highest BCUT2D eigenvalue weighted by Gasteiger charge is 2.21. The van der Waals surface area contributed by atoms with E-state index < -0.39 is 0 Å². The summed E-state index contributed by atoms with van der Waals surface area (Å²) >= 11 is 3.02. The molecule has 1 aliphatic heterocycles. The number of aromatic nitrogens is 1. The topological polar surface area (TPSA) is 65.5 Å². The van der Waals surface area contributed by atoms with E-state index in [2.05, 4.69) is 27.3 Å². The van der Waals surface area contributed by atoms with Gasteiger partial charge >= 0.3 is 0 Å². The highest BCUT2D eigenvalue weighted by Crippen LogP contribution is 2.31. The Morgan fingerprint density at radius 3 is 2.35 bits per heavy atom. The zero-order valence-electron chi connectivity index (χ0n) is 18.5. The monoisotopic (exact) mass is 488 g/mol. The van der Waals surface area contributed by atoms with Crippen LogP contribution in [0.15, 0.2) is 83.2 Å². The number of thioether (sulfide) groups is 1. The molecule has 0 bridgehead atoms. The van der Waals surface area contributed by atoms with Crippen LogP contribution in [0, 0.1) is 0 Å². The van der Waals surface area contributed by atoms with E-state index in [4.69, 9.17) is 0 Å². The number of fused-ring (bicyclic) bond motifs is 1. The molecule has 0 spiro atoms. The van der Waals surface area contributed by atoms with Crippen LogP contribution in [-0.4, -0.2) is 53.6 Å². The van der Waals surface area contributed by atoms with Crippen molar-refractivity contribution in [2.24, 2.45) is 0 Å². The summed E-state index contributed by atoms with van der Waals surface area (Å²) in [5.41, 5.74) is 3.42. The van der Waals surface area contributed by atoms with Gasteiger partial charge in [0.25, 0.3) is 5.91 Å². The minimum atomic E-state index is -0.142. The molecule has 1 aliphatic rings. The van der Waals surface area contributed by atoms with Crippen LogP contribution in [0.3, 0.4) is 0 Å². The molecule has 0 saturated carbocycles. The van der Waals surface area contributed by atoms with Crippen LogP contribution in [0.2, 0.25) is 0 Å². The lowest BCUT2D eigenvalue weighted by Crippen LogP contribution is -2.49. The van der Waals surface area contributed by atoms with Crippen LogP contribution in [0.25, 0.3) is 10.2 Å². The predicted molar refractivity (Wildman–Crippen MR) is 140 cm³/mol. The van der Waals surface area contributed by atoms with Gasteiger partial charge in [0.05, 0.1) is 16.0 Å². The summed E-state index contributed by atoms with van der Waals surface area (Å²) in [7, 11) is 0. The number of nitrogens with zero attached hydrogens (tertiary/aromatic N) is 3. The molecule has 1 fully saturated rings. The molecule has 0 aliphatic carbocycles. The molecule has 5 rings (SSSR count). The van der Waals surface area contributed by atoms with Crippen LogP contribution < -0.4 is 10.2 Å². The molecule has 0 unspecified atom stereocenters. The number of benzene rings is 3. The third-order valence-electron chi connectivity index (χ3n) is 5.74. The Morgan fingerprint density at radius 1 is 0.912 bits per heavy atom. The van der Waals surface area contributed by atoms with E-state index in [-0.39, 0.29) is 11.8 Å². The maximum absolute atomic E-state index is 12.8. The fourth-order valence-corrected chi connectivity index (χ4v) is 5.91. The van der Waals surface area contributed by atoms with Crippen LogP contribution in [0.1, 0.15) is 10.4 Å². The Labute approximate surface area is 206 Å². The summed E-state index contributed by atoms with van der Waals surface area (Å²) in [5, 5.41) is 2.94. The number of anilines is 2. The summed E-state index contributed by atoms with van der Waals surface area (Å²) < 4.78 is 1.84. The molecule has 2 amide bonds. The summed E-state index contributed by atoms with van der Waals surface area (Å²) in [6.07, 6.45) is 0. The SMILES string of the molecule is O=C(Nc1ccc2nc(SCC(=O)N3CCN(c4ccccc4)CC3)sc2c1)c1ccccc1. The molecule has 6 nitrogen and oxygen atoms in total. The van der Waals surface area contributed by atoms with Gasteiger partial charge in [-0.1, -0.05) is 48.2 Å². The van der Waals surface area contributed by atoms with Crippen LogP contribution in [-0.2, 0) is 4.79 Å². The Bertz CT molecular complexity index is 1290. The minimum Gasteiger partial charge on any atom is -0.368 e. The maximum Gasteiger partial charge on any atom is 0.255 e. The fraction of sp³-hybridized carbons (Fsp3) is 0.192. The number of amides is 2. The molecule has 3 aromatic carbocycles. The first-order chi connectivity index (χ1) is 16.7. The highest BCUT2D eigenvalue weighted by atomic mass is 32.2. The number of piperazine rings is 1. The molecule has 4 aromatic rings. The van der Waals surface area contributed by atoms with Crippen molar-refractivity contribution >= 4 is 56.5 Å². The third kappa shape index (κ3) is 5.24. The number of thiazole rings is 1. The van der Waals surface area contributed by atoms with Crippen molar-refractivity contribution in [3.8, 4) is 0 Å². The van der Waals surface area contributed by atoms with Crippen LogP contribution in [0.4, 0.5) is 11.4 Å². The van der Waals surface area contributed by atoms with E-state index >= 15 is 0 Å². The van der Waals surface area contributed by atoms with E-state index in [0.717, 1.165) is 46.4 Å². The first kappa shape index (κ1) is 22.4. The molecular weight excluding hydrogens is 464 g/mol. The number of hydrogen-bond acceptors (Lipinski definition) is 6. The molecule has 172 valence electrons. The molecule has 0 radical (unpaired) electrons. The van der Waals surface area contributed by atoms with E-state index in [1.165, 1.54) is 17.4 Å². The second kappa shape index (κ2) is 10.3. The van der Waals surface area contributed by atoms with Gasteiger partial charge in [-0.25, -0.2) is 4.98 Å². The van der Waals surface area contributed by atoms with Crippen molar-refractivity contribution in [3.63, 3.8) is 0 Å². The van der Waals surface area contributed by atoms with Crippen molar-refractivity contribution in [3.05, 3.63) is 84.4 Å². The number of carbonyl (C=O) groups excluding carboxylic acids is 2. The van der Waals surface area contributed by atoms with Crippen molar-refractivity contribution in [1.29, 1.82) is 0 Å². The third-order valence-corrected chi connectivity index (χ3v) is 7.88. The first-order valence-electron chi connectivity index (χ1n) is 11.1. The lowest BCUT2D eigenvalue weighted by Gasteiger charge is -2.36. The first-order valence-corrected chi connectivity index (χ1v) is 12.9. The highest BCUT2D eigenvalue weighted by molar-refractivity contribution is 8.01. The Morgan fingerprint density at radius 2 is 1.62 bits per heavy atom. The van der Waals surface area contributed by atoms with Gasteiger partial charge in [0.1, 0.15) is 0 Å². The quantitative estimate of drug-likeness (QED) is 0.388. The van der Waals surface area contributed by atoms with E-state index in [9.17, 15) is 9.59 Å². The van der Waals surface area contributed by atoms with Gasteiger partial charge < -0.3 is 15.1 Å². The second-order valence-electron chi connectivity index (χ2n) is 7.97. The van der Waals surface area contributed by atoms with E-state index in [1.54, 1.807) is 23.5 Å². The molecule has 1 aromatic heterocycles. The van der Waals surface area contributed by atoms with E-state index in [0.29, 0.717) is 11.3 Å². The number of hydrogen-bond donors (Lipinski definition) is 1. The second-order valence-corrected chi connectivity index (χ2v) is 10.2. The number of rotatable bonds is 6. The van der Waals surface area contributed by atoms with Crippen molar-refractivity contribution in [2.75, 3.05) is 42.1 Å². The Balaban J connectivity index is 1.15. The molecule has 34 heavy (non-hydrogen) atoms. The average Bonchev–Trinajstić information content (AvgIpc) is 3.30. The number of para-hydroxylation sites is 1. The number of nitrogens with one attached hydrogen (secondary N) is 1. The molecule has 2 heterocycles. The largest absolute Gasteiger partial charge is 0.368 e. The zero-order valence-corrected chi connectivity index (χ0v) is 20.1. The van der Waals surface area contributed by atoms with Crippen molar-refractivity contribution < 1.29 is 9.59 Å². The summed E-state index contributed by atoms with van der Waals surface area (Å²) in [4.78, 5) is 34.1. The normalized spacial score (nSPS) is 13.8. The van der Waals surface area contributed by atoms with Crippen LogP contribution in [0.5, 0.6) is 0 Å². The van der Waals surface area contributed by atoms with Gasteiger partial charge in [-0.2, -0.15) is 0 Å². The summed E-state index contributed by atoms with van der Waals surface area (Å²) in [5.74, 6) is 0.382. The summed E-state index contributed by atoms with van der Waals surface area (Å²) in [6.45, 7) is 3.16. The van der Waals surface area contributed by atoms with Crippen LogP contribution >= 0.6 is 23.1 Å². The van der Waals surface area contributed by atoms with E-state index in [1.807, 2.05) is 59.5 Å². The molecule has 0 atom stereocenters. The van der Waals surface area contributed by atoms with Crippen molar-refractivity contribution in [1.82, 2.24) is 9.88 Å². The lowest BCUT2D eigenvalue weighted by atomic mass is 10.2. The van der Waals surface area contributed by atoms with Gasteiger partial charge in [-0.3, -0.25) is 9.59 Å². The lowest BCUT2D eigenvalue weighted by molar-refractivity contribution is -0.128. The fourth-order valence-electron chi connectivity index (χ4n) is 3.90. The Hall–Kier alpha value is -3.36. The minimum absolute atomic E-state index is 0.142. The average molecular weight is 489 g/mol. The molecular formula is C26H24N4O2S2. The molecule has 8 heteroatoms. The van der Waals surface area contributed by atoms with Gasteiger partial charge in [-0.15, -0.1) is 11.3 Å². The van der Waals surface area contributed by atoms with Gasteiger partial charge in [-0.05, 0) is 42.5 Å². The molecule has 1 N–H and O–H groups in total. The summed E-state index contributed by atoms with van der Waals surface area (Å²) in [6, 6.07) is 25.2. The van der Waals surface area contributed by atoms with Gasteiger partial charge in [0, 0.05) is 43.1 Å². The van der Waals surface area contributed by atoms with Gasteiger partial charge in [0.15, 0.2) is 4.34 Å². The molecule has 1 saturated heterocycles. The Kier molecular flexibility index (Phi) is 6.78. The number of carbonyl (C=O) groups is 2. The van der Waals surface area contributed by atoms with Crippen molar-refractivity contribution in [2.45, 2.75) is 4.34 Å². The predicted octanol–water partition coefficient (Wildman–Crippen LogP) is 4.99. The smallest absolute Gasteiger partial charge is 0.255 e. The zero-order chi connectivity index (χ0) is 23.3. The maximum atomic E-state index is 12.8. The van der Waals surface area contributed by atoms with Gasteiger partial charge in [0.2, 0.25) is 5.91 Å².